The molecule has 5 aliphatic heterocycles. The molecule has 5 rings (SSSR count). The largest absolute Gasteiger partial charge is 1.00 e. The first-order chi connectivity index (χ1) is 29.7. The van der Waals surface area contributed by atoms with Crippen molar-refractivity contribution in [1.29, 1.82) is 0 Å². The summed E-state index contributed by atoms with van der Waals surface area (Å²) >= 11 is 0. The molecule has 8 bridgehead atoms. The Bertz CT molecular complexity index is 2470. The summed E-state index contributed by atoms with van der Waals surface area (Å²) in [6.45, 7) is 13.1. The SMILES string of the molecule is C=CC1=C(C)C2=CC3=NC(=CC4=NC(=CC5=C(/C=C/NOCC)C(C)(O)C(=CC1=N2)N5)C(C)=C4CCC(=O)N[C@@H](CC(=O)[O-])C(=O)[O-])C(CCC(=O)N[C@@H](CC(=O)[O-])C(=O)[O-])=C3C.[Na+].[Na+].[Na+].[Na+]. The molecule has 0 aliphatic carbocycles. The molecule has 0 fully saturated rings. The van der Waals surface area contributed by atoms with Gasteiger partial charge in [0.25, 0.3) is 0 Å². The van der Waals surface area contributed by atoms with E-state index < -0.39 is 66.2 Å². The molecule has 5 aliphatic rings. The van der Waals surface area contributed by atoms with Gasteiger partial charge in [0.1, 0.15) is 5.60 Å². The zero-order valence-electron chi connectivity index (χ0n) is 39.1. The maximum Gasteiger partial charge on any atom is 1.00 e. The van der Waals surface area contributed by atoms with E-state index in [0.717, 1.165) is 5.57 Å². The molecule has 0 saturated heterocycles. The maximum absolute atomic E-state index is 13.1. The van der Waals surface area contributed by atoms with Crippen molar-refractivity contribution in [3.8, 4) is 0 Å². The third-order valence-corrected chi connectivity index (χ3v) is 10.7. The molecule has 0 saturated carbocycles. The van der Waals surface area contributed by atoms with Crippen LogP contribution in [0.5, 0.6) is 0 Å². The molecule has 0 aromatic rings. The van der Waals surface area contributed by atoms with Gasteiger partial charge in [-0.05, 0) is 106 Å². The van der Waals surface area contributed by atoms with Gasteiger partial charge in [0.15, 0.2) is 0 Å². The van der Waals surface area contributed by atoms with Gasteiger partial charge in [-0.3, -0.25) is 19.9 Å². The van der Waals surface area contributed by atoms with Gasteiger partial charge in [0, 0.05) is 60.7 Å². The number of carbonyl (C=O) groups excluding carboxylic acids is 6. The fourth-order valence-electron chi connectivity index (χ4n) is 7.31. The van der Waals surface area contributed by atoms with Crippen LogP contribution in [0.1, 0.15) is 73.1 Å². The molecule has 0 aromatic carbocycles. The number of rotatable bonds is 19. The van der Waals surface area contributed by atoms with Crippen LogP contribution < -0.4 is 160 Å². The van der Waals surface area contributed by atoms with Crippen LogP contribution in [0.4, 0.5) is 0 Å². The van der Waals surface area contributed by atoms with Crippen molar-refractivity contribution in [2.45, 2.75) is 90.8 Å². The van der Waals surface area contributed by atoms with Gasteiger partial charge in [-0.1, -0.05) is 12.7 Å². The van der Waals surface area contributed by atoms with Crippen LogP contribution in [0.3, 0.4) is 0 Å². The van der Waals surface area contributed by atoms with Crippen molar-refractivity contribution in [2.75, 3.05) is 6.61 Å². The summed E-state index contributed by atoms with van der Waals surface area (Å²) in [4.78, 5) is 91.5. The van der Waals surface area contributed by atoms with E-state index in [0.29, 0.717) is 85.7 Å². The van der Waals surface area contributed by atoms with Crippen molar-refractivity contribution in [2.24, 2.45) is 15.0 Å². The topological polar surface area (TPSA) is 309 Å². The Morgan fingerprint density at radius 3 is 1.78 bits per heavy atom. The van der Waals surface area contributed by atoms with Crippen LogP contribution >= 0.6 is 0 Å². The molecular formula is C44H45N7Na4O12. The number of carboxylic acids is 4. The Kier molecular flexibility index (Phi) is 25.1. The van der Waals surface area contributed by atoms with E-state index in [1.54, 1.807) is 64.2 Å². The summed E-state index contributed by atoms with van der Waals surface area (Å²) in [7, 11) is 0. The zero-order chi connectivity index (χ0) is 46.3. The van der Waals surface area contributed by atoms with E-state index in [9.17, 15) is 54.3 Å². The van der Waals surface area contributed by atoms with Crippen LogP contribution in [-0.4, -0.2) is 82.2 Å². The molecule has 0 spiro atoms. The monoisotopic (exact) mass is 955 g/mol. The van der Waals surface area contributed by atoms with Gasteiger partial charge < -0.3 is 60.7 Å². The van der Waals surface area contributed by atoms with Crippen molar-refractivity contribution in [1.82, 2.24) is 21.4 Å². The summed E-state index contributed by atoms with van der Waals surface area (Å²) in [5, 5.41) is 65.1. The molecular weight excluding hydrogens is 910 g/mol. The molecule has 19 nitrogen and oxygen atoms in total. The number of fused-ring (bicyclic) bond motifs is 5. The fraction of sp³-hybridized carbons (Fsp3) is 0.341. The summed E-state index contributed by atoms with van der Waals surface area (Å²) < 4.78 is 0. The van der Waals surface area contributed by atoms with Gasteiger partial charge in [0.2, 0.25) is 11.8 Å². The Morgan fingerprint density at radius 1 is 0.746 bits per heavy atom. The molecule has 67 heavy (non-hydrogen) atoms. The van der Waals surface area contributed by atoms with Gasteiger partial charge >= 0.3 is 118 Å². The summed E-state index contributed by atoms with van der Waals surface area (Å²) in [6.07, 6.45) is 8.91. The minimum Gasteiger partial charge on any atom is -0.550 e. The first kappa shape index (κ1) is 61.8. The molecule has 0 radical (unpaired) electrons. The quantitative estimate of drug-likeness (QED) is 0.0457. The summed E-state index contributed by atoms with van der Waals surface area (Å²) in [5.41, 5.74) is 8.50. The molecule has 5 heterocycles. The molecule has 1 unspecified atom stereocenters. The second kappa shape index (κ2) is 27.2. The number of nitrogens with zero attached hydrogens (tertiary/aromatic N) is 3. The van der Waals surface area contributed by atoms with Gasteiger partial charge in [-0.25, -0.2) is 15.0 Å². The standard InChI is InChI=1S/C44H49N7O12.4Na/c1-7-24-21(3)28-15-29-22(4)25(9-11-38(52)50-35(42(58)59)19-40(54)55)31(46-29)17-32-26(10-12-39(53)51-36(43(60)61)20-41(56)57)23(5)30(47-32)16-34-27(13-14-45-63-8-2)44(6,62)37(49-34)18-33(24)48-28;;;;/h7,13-18,35-36,45,49,62H,1,8-12,19-20H2,2-6H3,(H,50,52)(H,51,53)(H,54,55)(H,56,57)(H,58,59)(H,60,61);;;;/q;4*+1/p-4/b14-13+,28-15?,30-16?,31-17?,37-18?;;;;/t35-,36-,44?;;;;/m0..../s1. The van der Waals surface area contributed by atoms with Crippen molar-refractivity contribution < 1.29 is 177 Å². The van der Waals surface area contributed by atoms with Crippen LogP contribution in [0.25, 0.3) is 0 Å². The fourth-order valence-corrected chi connectivity index (χ4v) is 7.31. The number of aliphatic carboxylic acids is 4. The van der Waals surface area contributed by atoms with E-state index in [-0.39, 0.29) is 144 Å². The average molecular weight is 956 g/mol. The molecule has 23 heteroatoms. The number of carboxylic acid groups (broad SMARTS) is 4. The summed E-state index contributed by atoms with van der Waals surface area (Å²) in [5.74, 6) is -8.58. The first-order valence-electron chi connectivity index (χ1n) is 19.8. The number of aliphatic imine (C=N–C) groups is 3. The number of hydroxylamine groups is 1. The Labute approximate surface area is 475 Å². The normalized spacial score (nSPS) is 19.0. The number of hydrogen-bond donors (Lipinski definition) is 5. The van der Waals surface area contributed by atoms with E-state index in [1.165, 1.54) is 6.20 Å². The van der Waals surface area contributed by atoms with E-state index >= 15 is 0 Å². The van der Waals surface area contributed by atoms with E-state index in [4.69, 9.17) is 19.8 Å². The van der Waals surface area contributed by atoms with Crippen LogP contribution in [0.15, 0.2) is 132 Å². The maximum atomic E-state index is 13.1. The van der Waals surface area contributed by atoms with E-state index in [2.05, 4.69) is 28.0 Å². The van der Waals surface area contributed by atoms with Crippen LogP contribution in [-0.2, 0) is 33.6 Å². The third kappa shape index (κ3) is 15.4. The van der Waals surface area contributed by atoms with Gasteiger partial charge in [0.05, 0.1) is 70.6 Å². The second-order valence-corrected chi connectivity index (χ2v) is 15.0. The number of aliphatic hydroxyl groups is 1. The smallest absolute Gasteiger partial charge is 0.550 e. The van der Waals surface area contributed by atoms with Crippen molar-refractivity contribution in [3.63, 3.8) is 0 Å². The Hall–Kier alpha value is -3.25. The number of nitrogens with one attached hydrogen (secondary N) is 4. The Balaban J connectivity index is 0.00000561. The second-order valence-electron chi connectivity index (χ2n) is 15.0. The molecule has 5 N–H and O–H groups in total. The number of allylic oxidation sites excluding steroid dienone is 11. The van der Waals surface area contributed by atoms with Gasteiger partial charge in [-0.15, -0.1) is 0 Å². The zero-order valence-corrected chi connectivity index (χ0v) is 47.1. The van der Waals surface area contributed by atoms with Crippen LogP contribution in [0.2, 0.25) is 0 Å². The van der Waals surface area contributed by atoms with Crippen molar-refractivity contribution in [3.05, 3.63) is 117 Å². The predicted molar refractivity (Wildman–Crippen MR) is 219 cm³/mol. The van der Waals surface area contributed by atoms with Crippen molar-refractivity contribution >= 4 is 52.8 Å². The molecule has 2 amide bonds. The van der Waals surface area contributed by atoms with Gasteiger partial charge in [-0.2, -0.15) is 0 Å². The van der Waals surface area contributed by atoms with E-state index in [1.807, 2.05) is 6.92 Å². The number of hydrogen-bond acceptors (Lipinski definition) is 17. The van der Waals surface area contributed by atoms with Crippen LogP contribution in [0, 0.1) is 0 Å². The minimum atomic E-state index is -1.84. The average Bonchev–Trinajstić information content (AvgIpc) is 3.84. The summed E-state index contributed by atoms with van der Waals surface area (Å²) in [6, 6.07) is -3.67. The predicted octanol–water partition coefficient (Wildman–Crippen LogP) is -14.0. The minimum absolute atomic E-state index is 0. The third-order valence-electron chi connectivity index (χ3n) is 10.7. The molecule has 0 aromatic heterocycles. The molecule has 332 valence electrons. The first-order valence-corrected chi connectivity index (χ1v) is 19.8. The molecule has 3 atom stereocenters. The number of carbonyl (C=O) groups is 6. The number of amides is 2. The Morgan fingerprint density at radius 2 is 1.25 bits per heavy atom.